The molecule has 7 heteroatoms. The van der Waals surface area contributed by atoms with Crippen LogP contribution in [0, 0.1) is 6.92 Å². The Bertz CT molecular complexity index is 1090. The van der Waals surface area contributed by atoms with Gasteiger partial charge in [0.05, 0.1) is 11.5 Å². The first-order chi connectivity index (χ1) is 13.9. The SMILES string of the molecule is CCOc1ccc(NS(=O)(=O)c2ccc(C(=O)Nc3cccc(C)c3)cc2)cc1. The van der Waals surface area contributed by atoms with Crippen LogP contribution in [-0.2, 0) is 10.0 Å². The van der Waals surface area contributed by atoms with Crippen molar-refractivity contribution in [2.24, 2.45) is 0 Å². The number of amides is 1. The number of hydrogen-bond acceptors (Lipinski definition) is 4. The first-order valence-electron chi connectivity index (χ1n) is 9.11. The molecule has 0 unspecified atom stereocenters. The Morgan fingerprint density at radius 1 is 0.931 bits per heavy atom. The summed E-state index contributed by atoms with van der Waals surface area (Å²) in [5.74, 6) is 0.360. The number of nitrogens with one attached hydrogen (secondary N) is 2. The molecule has 0 radical (unpaired) electrons. The van der Waals surface area contributed by atoms with Crippen molar-refractivity contribution in [3.05, 3.63) is 83.9 Å². The maximum atomic E-state index is 12.6. The van der Waals surface area contributed by atoms with E-state index in [0.29, 0.717) is 29.3 Å². The third-order valence-electron chi connectivity index (χ3n) is 4.12. The largest absolute Gasteiger partial charge is 0.494 e. The Balaban J connectivity index is 1.70. The van der Waals surface area contributed by atoms with Gasteiger partial charge in [-0.25, -0.2) is 8.42 Å². The Hall–Kier alpha value is -3.32. The summed E-state index contributed by atoms with van der Waals surface area (Å²) < 4.78 is 33.0. The second-order valence-electron chi connectivity index (χ2n) is 6.41. The fraction of sp³-hybridized carbons (Fsp3) is 0.136. The van der Waals surface area contributed by atoms with Crippen molar-refractivity contribution >= 4 is 27.3 Å². The summed E-state index contributed by atoms with van der Waals surface area (Å²) in [5, 5.41) is 2.80. The Morgan fingerprint density at radius 2 is 1.62 bits per heavy atom. The lowest BCUT2D eigenvalue weighted by atomic mass is 10.2. The van der Waals surface area contributed by atoms with Gasteiger partial charge in [0.15, 0.2) is 0 Å². The second-order valence-corrected chi connectivity index (χ2v) is 8.09. The molecule has 0 saturated heterocycles. The van der Waals surface area contributed by atoms with E-state index in [0.717, 1.165) is 5.56 Å². The number of ether oxygens (including phenoxy) is 1. The number of sulfonamides is 1. The van der Waals surface area contributed by atoms with Gasteiger partial charge in [-0.15, -0.1) is 0 Å². The predicted molar refractivity (Wildman–Crippen MR) is 114 cm³/mol. The van der Waals surface area contributed by atoms with Crippen molar-refractivity contribution in [3.63, 3.8) is 0 Å². The van der Waals surface area contributed by atoms with Crippen LogP contribution >= 0.6 is 0 Å². The Labute approximate surface area is 170 Å². The zero-order valence-corrected chi connectivity index (χ0v) is 17.0. The van der Waals surface area contributed by atoms with Crippen molar-refractivity contribution in [1.82, 2.24) is 0 Å². The first kappa shape index (κ1) is 20.4. The van der Waals surface area contributed by atoms with E-state index in [1.54, 1.807) is 30.3 Å². The van der Waals surface area contributed by atoms with E-state index in [1.165, 1.54) is 24.3 Å². The fourth-order valence-electron chi connectivity index (χ4n) is 2.71. The van der Waals surface area contributed by atoms with E-state index < -0.39 is 10.0 Å². The van der Waals surface area contributed by atoms with Crippen LogP contribution in [-0.4, -0.2) is 20.9 Å². The van der Waals surface area contributed by atoms with E-state index in [2.05, 4.69) is 10.0 Å². The van der Waals surface area contributed by atoms with Gasteiger partial charge in [-0.05, 0) is 80.1 Å². The molecular weight excluding hydrogens is 388 g/mol. The second kappa shape index (κ2) is 8.79. The Kier molecular flexibility index (Phi) is 6.19. The molecule has 0 heterocycles. The summed E-state index contributed by atoms with van der Waals surface area (Å²) >= 11 is 0. The van der Waals surface area contributed by atoms with E-state index in [9.17, 15) is 13.2 Å². The van der Waals surface area contributed by atoms with E-state index >= 15 is 0 Å². The van der Waals surface area contributed by atoms with Crippen LogP contribution in [0.4, 0.5) is 11.4 Å². The molecule has 0 aliphatic carbocycles. The van der Waals surface area contributed by atoms with Crippen molar-refractivity contribution in [1.29, 1.82) is 0 Å². The molecule has 2 N–H and O–H groups in total. The first-order valence-corrected chi connectivity index (χ1v) is 10.6. The molecular formula is C22H22N2O4S. The molecule has 0 spiro atoms. The average Bonchev–Trinajstić information content (AvgIpc) is 2.69. The predicted octanol–water partition coefficient (Wildman–Crippen LogP) is 4.45. The fourth-order valence-corrected chi connectivity index (χ4v) is 3.77. The summed E-state index contributed by atoms with van der Waals surface area (Å²) in [6.45, 7) is 4.35. The number of hydrogen-bond donors (Lipinski definition) is 2. The number of carbonyl (C=O) groups is 1. The zero-order chi connectivity index (χ0) is 20.9. The van der Waals surface area contributed by atoms with Gasteiger partial charge in [0, 0.05) is 16.9 Å². The molecule has 0 aliphatic rings. The molecule has 3 rings (SSSR count). The normalized spacial score (nSPS) is 11.0. The van der Waals surface area contributed by atoms with Crippen molar-refractivity contribution in [2.75, 3.05) is 16.6 Å². The quantitative estimate of drug-likeness (QED) is 0.603. The van der Waals surface area contributed by atoms with Gasteiger partial charge >= 0.3 is 0 Å². The highest BCUT2D eigenvalue weighted by Gasteiger charge is 2.15. The summed E-state index contributed by atoms with van der Waals surface area (Å²) in [6.07, 6.45) is 0. The standard InChI is InChI=1S/C22H22N2O4S/c1-3-28-20-11-9-18(10-12-20)24-29(26,27)21-13-7-17(8-14-21)22(25)23-19-6-4-5-16(2)15-19/h4-15,24H,3H2,1-2H3,(H,23,25). The minimum atomic E-state index is -3.77. The van der Waals surface area contributed by atoms with Crippen LogP contribution in [0.5, 0.6) is 5.75 Å². The molecule has 0 bridgehead atoms. The van der Waals surface area contributed by atoms with Crippen molar-refractivity contribution < 1.29 is 17.9 Å². The van der Waals surface area contributed by atoms with Gasteiger partial charge in [-0.1, -0.05) is 12.1 Å². The average molecular weight is 410 g/mol. The van der Waals surface area contributed by atoms with Gasteiger partial charge in [0.1, 0.15) is 5.75 Å². The minimum absolute atomic E-state index is 0.0680. The highest BCUT2D eigenvalue weighted by Crippen LogP contribution is 2.20. The van der Waals surface area contributed by atoms with Crippen LogP contribution in [0.2, 0.25) is 0 Å². The number of anilines is 2. The lowest BCUT2D eigenvalue weighted by molar-refractivity contribution is 0.102. The Morgan fingerprint density at radius 3 is 2.24 bits per heavy atom. The molecule has 0 atom stereocenters. The summed E-state index contributed by atoms with van der Waals surface area (Å²) in [7, 11) is -3.77. The molecule has 1 amide bonds. The van der Waals surface area contributed by atoms with Crippen molar-refractivity contribution in [3.8, 4) is 5.75 Å². The van der Waals surface area contributed by atoms with Crippen LogP contribution < -0.4 is 14.8 Å². The van der Waals surface area contributed by atoms with E-state index in [1.807, 2.05) is 32.0 Å². The van der Waals surface area contributed by atoms with E-state index in [4.69, 9.17) is 4.74 Å². The molecule has 6 nitrogen and oxygen atoms in total. The number of rotatable bonds is 7. The van der Waals surface area contributed by atoms with Crippen LogP contribution in [0.15, 0.2) is 77.7 Å². The maximum Gasteiger partial charge on any atom is 0.261 e. The highest BCUT2D eigenvalue weighted by atomic mass is 32.2. The van der Waals surface area contributed by atoms with Crippen molar-refractivity contribution in [2.45, 2.75) is 18.7 Å². The zero-order valence-electron chi connectivity index (χ0n) is 16.2. The molecule has 3 aromatic carbocycles. The molecule has 0 aromatic heterocycles. The monoisotopic (exact) mass is 410 g/mol. The van der Waals surface area contributed by atoms with Gasteiger partial charge in [0.2, 0.25) is 0 Å². The molecule has 0 fully saturated rings. The van der Waals surface area contributed by atoms with Gasteiger partial charge < -0.3 is 10.1 Å². The number of aryl methyl sites for hydroxylation is 1. The van der Waals surface area contributed by atoms with Crippen LogP contribution in [0.25, 0.3) is 0 Å². The third kappa shape index (κ3) is 5.36. The summed E-state index contributed by atoms with van der Waals surface area (Å²) in [4.78, 5) is 12.4. The van der Waals surface area contributed by atoms with Crippen LogP contribution in [0.1, 0.15) is 22.8 Å². The topological polar surface area (TPSA) is 84.5 Å². The summed E-state index contributed by atoms with van der Waals surface area (Å²) in [5.41, 5.74) is 2.51. The molecule has 0 aliphatic heterocycles. The van der Waals surface area contributed by atoms with Gasteiger partial charge in [-0.3, -0.25) is 9.52 Å². The van der Waals surface area contributed by atoms with E-state index in [-0.39, 0.29) is 10.8 Å². The minimum Gasteiger partial charge on any atom is -0.494 e. The number of benzene rings is 3. The third-order valence-corrected chi connectivity index (χ3v) is 5.52. The molecule has 0 saturated carbocycles. The highest BCUT2D eigenvalue weighted by molar-refractivity contribution is 7.92. The summed E-state index contributed by atoms with van der Waals surface area (Å²) in [6, 6.07) is 19.9. The molecule has 150 valence electrons. The molecule has 29 heavy (non-hydrogen) atoms. The van der Waals surface area contributed by atoms with Crippen LogP contribution in [0.3, 0.4) is 0 Å². The lowest BCUT2D eigenvalue weighted by Gasteiger charge is -2.10. The number of carbonyl (C=O) groups excluding carboxylic acids is 1. The maximum absolute atomic E-state index is 12.6. The van der Waals surface area contributed by atoms with Gasteiger partial charge in [-0.2, -0.15) is 0 Å². The smallest absolute Gasteiger partial charge is 0.261 e. The van der Waals surface area contributed by atoms with Gasteiger partial charge in [0.25, 0.3) is 15.9 Å². The molecule has 3 aromatic rings. The lowest BCUT2D eigenvalue weighted by Crippen LogP contribution is -2.15.